The molecule has 0 bridgehead atoms. The number of carbonyl (C=O) groups excluding carboxylic acids is 1. The molecule has 1 aromatic heterocycles. The number of benzene rings is 1. The third-order valence-electron chi connectivity index (χ3n) is 7.34. The second-order valence-corrected chi connectivity index (χ2v) is 14.4. The molecule has 2 saturated heterocycles. The summed E-state index contributed by atoms with van der Waals surface area (Å²) in [6.45, 7) is 8.85. The highest BCUT2D eigenvalue weighted by Crippen LogP contribution is 2.45. The second-order valence-electron chi connectivity index (χ2n) is 10.4. The maximum atomic E-state index is 12.3. The van der Waals surface area contributed by atoms with Crippen molar-refractivity contribution in [1.82, 2.24) is 20.3 Å². The van der Waals surface area contributed by atoms with Crippen LogP contribution in [0, 0.1) is 5.92 Å². The van der Waals surface area contributed by atoms with Gasteiger partial charge in [0.25, 0.3) is 0 Å². The second kappa shape index (κ2) is 11.3. The zero-order valence-corrected chi connectivity index (χ0v) is 22.1. The lowest BCUT2D eigenvalue weighted by Crippen LogP contribution is -2.48. The quantitative estimate of drug-likeness (QED) is 0.425. The van der Waals surface area contributed by atoms with Gasteiger partial charge in [-0.15, -0.1) is 5.10 Å². The van der Waals surface area contributed by atoms with Crippen LogP contribution < -0.4 is 10.2 Å². The third kappa shape index (κ3) is 6.37. The van der Waals surface area contributed by atoms with Gasteiger partial charge in [-0.2, -0.15) is 0 Å². The standard InChI is InChI=1S/C25H39N5O4Si/c1-18-22(8-7-19-5-4-6-21(15-19)30-13-11-26-16-24(30)32)34-23(25(18)35(2,3)33)9-12-29-17-20(10-14-31)27-28-29/h4-6,15,17-18,22-23,25-26,31,33H,7-14,16H2,1-3H3/t18-,22+,23-,25+/m1/s1. The van der Waals surface area contributed by atoms with E-state index in [1.807, 2.05) is 36.3 Å². The minimum Gasteiger partial charge on any atom is -0.432 e. The molecule has 2 aromatic rings. The molecular formula is C25H39N5O4Si. The van der Waals surface area contributed by atoms with Gasteiger partial charge in [0.15, 0.2) is 8.32 Å². The molecule has 1 aromatic carbocycles. The molecule has 3 heterocycles. The first kappa shape index (κ1) is 26.0. The van der Waals surface area contributed by atoms with Gasteiger partial charge in [0.05, 0.1) is 24.4 Å². The van der Waals surface area contributed by atoms with Crippen molar-refractivity contribution < 1.29 is 19.4 Å². The minimum absolute atomic E-state index is 0.0167. The van der Waals surface area contributed by atoms with Crippen LogP contribution in [0.4, 0.5) is 5.69 Å². The van der Waals surface area contributed by atoms with Gasteiger partial charge in [-0.25, -0.2) is 0 Å². The number of nitrogens with zero attached hydrogens (tertiary/aromatic N) is 4. The van der Waals surface area contributed by atoms with E-state index in [-0.39, 0.29) is 36.2 Å². The van der Waals surface area contributed by atoms with Gasteiger partial charge in [-0.05, 0) is 56.0 Å². The van der Waals surface area contributed by atoms with Crippen molar-refractivity contribution in [3.8, 4) is 0 Å². The Kier molecular flexibility index (Phi) is 8.38. The Morgan fingerprint density at radius 2 is 2.06 bits per heavy atom. The maximum absolute atomic E-state index is 12.3. The number of aryl methyl sites for hydroxylation is 2. The summed E-state index contributed by atoms with van der Waals surface area (Å²) in [5.74, 6) is 0.378. The van der Waals surface area contributed by atoms with Crippen LogP contribution in [0.1, 0.15) is 31.0 Å². The Bertz CT molecular complexity index is 994. The number of aliphatic hydroxyl groups excluding tert-OH is 1. The minimum atomic E-state index is -2.44. The molecule has 3 N–H and O–H groups in total. The van der Waals surface area contributed by atoms with E-state index in [9.17, 15) is 9.59 Å². The Hall–Kier alpha value is -2.11. The smallest absolute Gasteiger partial charge is 0.240 e. The fourth-order valence-electron chi connectivity index (χ4n) is 5.68. The first-order valence-electron chi connectivity index (χ1n) is 12.7. The van der Waals surface area contributed by atoms with E-state index in [1.165, 1.54) is 5.56 Å². The number of aliphatic hydroxyl groups is 1. The number of anilines is 1. The van der Waals surface area contributed by atoms with Gasteiger partial charge < -0.3 is 24.9 Å². The Labute approximate surface area is 208 Å². The van der Waals surface area contributed by atoms with Crippen LogP contribution in [0.3, 0.4) is 0 Å². The van der Waals surface area contributed by atoms with Gasteiger partial charge in [0.2, 0.25) is 5.91 Å². The van der Waals surface area contributed by atoms with E-state index in [0.29, 0.717) is 26.1 Å². The molecular weight excluding hydrogens is 462 g/mol. The van der Waals surface area contributed by atoms with E-state index >= 15 is 0 Å². The molecule has 0 unspecified atom stereocenters. The number of piperazine rings is 1. The predicted octanol–water partition coefficient (Wildman–Crippen LogP) is 1.74. The number of rotatable bonds is 10. The average Bonchev–Trinajstić information content (AvgIpc) is 3.40. The number of hydrogen-bond acceptors (Lipinski definition) is 7. The molecule has 9 nitrogen and oxygen atoms in total. The van der Waals surface area contributed by atoms with Crippen LogP contribution in [0.15, 0.2) is 30.5 Å². The highest BCUT2D eigenvalue weighted by Gasteiger charge is 2.49. The summed E-state index contributed by atoms with van der Waals surface area (Å²) in [6, 6.07) is 8.27. The summed E-state index contributed by atoms with van der Waals surface area (Å²) in [7, 11) is -2.44. The molecule has 0 aliphatic carbocycles. The molecule has 4 rings (SSSR count). The van der Waals surface area contributed by atoms with Gasteiger partial charge in [0, 0.05) is 50.1 Å². The monoisotopic (exact) mass is 501 g/mol. The molecule has 4 atom stereocenters. The lowest BCUT2D eigenvalue weighted by atomic mass is 9.95. The summed E-state index contributed by atoms with van der Waals surface area (Å²) >= 11 is 0. The Morgan fingerprint density at radius 3 is 2.80 bits per heavy atom. The molecule has 0 radical (unpaired) electrons. The maximum Gasteiger partial charge on any atom is 0.240 e. The molecule has 10 heteroatoms. The molecule has 1 amide bonds. The number of carbonyl (C=O) groups is 1. The van der Waals surface area contributed by atoms with Crippen molar-refractivity contribution >= 4 is 19.9 Å². The van der Waals surface area contributed by atoms with Crippen LogP contribution >= 0.6 is 0 Å². The number of amides is 1. The van der Waals surface area contributed by atoms with Crippen LogP contribution in [0.25, 0.3) is 0 Å². The highest BCUT2D eigenvalue weighted by atomic mass is 28.4. The van der Waals surface area contributed by atoms with Crippen molar-refractivity contribution in [2.24, 2.45) is 5.92 Å². The van der Waals surface area contributed by atoms with Crippen molar-refractivity contribution in [3.05, 3.63) is 41.7 Å². The largest absolute Gasteiger partial charge is 0.432 e. The zero-order valence-electron chi connectivity index (χ0n) is 21.1. The van der Waals surface area contributed by atoms with E-state index in [2.05, 4.69) is 34.7 Å². The van der Waals surface area contributed by atoms with Crippen LogP contribution in [0.5, 0.6) is 0 Å². The Balaban J connectivity index is 1.38. The zero-order chi connectivity index (χ0) is 25.0. The number of ether oxygens (including phenoxy) is 1. The first-order valence-corrected chi connectivity index (χ1v) is 15.8. The van der Waals surface area contributed by atoms with Crippen LogP contribution in [-0.2, 0) is 28.9 Å². The molecule has 2 aliphatic rings. The third-order valence-corrected chi connectivity index (χ3v) is 9.87. The Morgan fingerprint density at radius 1 is 1.23 bits per heavy atom. The highest BCUT2D eigenvalue weighted by molar-refractivity contribution is 6.71. The van der Waals surface area contributed by atoms with Crippen molar-refractivity contribution in [1.29, 1.82) is 0 Å². The summed E-state index contributed by atoms with van der Waals surface area (Å²) in [4.78, 5) is 25.2. The summed E-state index contributed by atoms with van der Waals surface area (Å²) < 4.78 is 8.38. The van der Waals surface area contributed by atoms with Crippen molar-refractivity contribution in [2.45, 2.75) is 70.0 Å². The molecule has 0 spiro atoms. The molecule has 2 fully saturated rings. The normalized spacial score (nSPS) is 25.4. The molecule has 192 valence electrons. The lowest BCUT2D eigenvalue weighted by Gasteiger charge is -2.30. The van der Waals surface area contributed by atoms with Gasteiger partial charge in [0.1, 0.15) is 0 Å². The fraction of sp³-hybridized carbons (Fsp3) is 0.640. The van der Waals surface area contributed by atoms with Crippen molar-refractivity contribution in [3.63, 3.8) is 0 Å². The topological polar surface area (TPSA) is 113 Å². The van der Waals surface area contributed by atoms with E-state index in [1.54, 1.807) is 4.68 Å². The number of hydrogen-bond donors (Lipinski definition) is 3. The van der Waals surface area contributed by atoms with Gasteiger partial charge in [-0.3, -0.25) is 9.48 Å². The van der Waals surface area contributed by atoms with Gasteiger partial charge in [-0.1, -0.05) is 24.3 Å². The summed E-state index contributed by atoms with van der Waals surface area (Å²) in [5, 5.41) is 20.5. The molecule has 35 heavy (non-hydrogen) atoms. The van der Waals surface area contributed by atoms with Gasteiger partial charge >= 0.3 is 0 Å². The summed E-state index contributed by atoms with van der Waals surface area (Å²) in [5.41, 5.74) is 3.09. The van der Waals surface area contributed by atoms with Crippen LogP contribution in [-0.4, -0.2) is 77.6 Å². The van der Waals surface area contributed by atoms with E-state index in [0.717, 1.165) is 37.2 Å². The summed E-state index contributed by atoms with van der Waals surface area (Å²) in [6.07, 6.45) is 4.95. The fourth-order valence-corrected chi connectivity index (χ4v) is 8.34. The molecule has 0 saturated carbocycles. The first-order chi connectivity index (χ1) is 16.8. The van der Waals surface area contributed by atoms with E-state index in [4.69, 9.17) is 9.84 Å². The number of aromatic nitrogens is 3. The number of nitrogens with one attached hydrogen (secondary N) is 1. The van der Waals surface area contributed by atoms with Crippen LogP contribution in [0.2, 0.25) is 18.6 Å². The SMILES string of the molecule is C[C@H]1[C@H]([Si](C)(C)O)[C@@H](CCn2cc(CCO)nn2)O[C@H]1CCc1cccc(N2CCNCC2=O)c1. The molecule has 2 aliphatic heterocycles. The van der Waals surface area contributed by atoms with Crippen molar-refractivity contribution in [2.75, 3.05) is 31.1 Å². The lowest BCUT2D eigenvalue weighted by molar-refractivity contribution is -0.118. The van der Waals surface area contributed by atoms with E-state index < -0.39 is 8.32 Å². The average molecular weight is 502 g/mol. The predicted molar refractivity (Wildman–Crippen MR) is 137 cm³/mol.